The Morgan fingerprint density at radius 2 is 1.96 bits per heavy atom. The molecule has 1 heterocycles. The third-order valence-corrected chi connectivity index (χ3v) is 6.14. The monoisotopic (exact) mass is 368 g/mol. The number of aliphatic carboxylic acids is 1. The number of fused-ring (bicyclic) bond motifs is 1. The van der Waals surface area contributed by atoms with Crippen molar-refractivity contribution in [1.29, 1.82) is 5.26 Å². The molecule has 1 atom stereocenters. The number of hydrogen-bond donors (Lipinski definition) is 2. The molecule has 0 aliphatic heterocycles. The van der Waals surface area contributed by atoms with Crippen molar-refractivity contribution in [2.75, 3.05) is 5.32 Å². The van der Waals surface area contributed by atoms with Gasteiger partial charge in [0.2, 0.25) is 5.91 Å². The Morgan fingerprint density at radius 1 is 1.27 bits per heavy atom. The summed E-state index contributed by atoms with van der Waals surface area (Å²) in [5.74, 6) is -1.45. The number of carboxylic acid groups (broad SMARTS) is 1. The number of aryl methyl sites for hydroxylation is 1. The number of carboxylic acids is 1. The van der Waals surface area contributed by atoms with Crippen LogP contribution in [0.4, 0.5) is 5.00 Å². The first-order chi connectivity index (χ1) is 12.5. The summed E-state index contributed by atoms with van der Waals surface area (Å²) in [5.41, 5.74) is 0.834. The first-order valence-corrected chi connectivity index (χ1v) is 9.41. The molecule has 1 aromatic heterocycles. The third kappa shape index (κ3) is 3.35. The lowest BCUT2D eigenvalue weighted by Gasteiger charge is -2.24. The van der Waals surface area contributed by atoms with Crippen LogP contribution in [0.3, 0.4) is 0 Å². The molecule has 0 radical (unpaired) electrons. The number of nitrogens with one attached hydrogen (secondary N) is 1. The Labute approximate surface area is 156 Å². The van der Waals surface area contributed by atoms with E-state index in [4.69, 9.17) is 0 Å². The number of nitriles is 1. The highest BCUT2D eigenvalue weighted by Crippen LogP contribution is 2.38. The van der Waals surface area contributed by atoms with E-state index in [0.29, 0.717) is 16.1 Å². The molecule has 5 nitrogen and oxygen atoms in total. The molecule has 0 spiro atoms. The molecule has 0 fully saturated rings. The summed E-state index contributed by atoms with van der Waals surface area (Å²) in [6.45, 7) is 1.55. The van der Waals surface area contributed by atoms with E-state index in [0.717, 1.165) is 36.1 Å². The zero-order chi connectivity index (χ0) is 18.7. The van der Waals surface area contributed by atoms with E-state index in [2.05, 4.69) is 11.4 Å². The van der Waals surface area contributed by atoms with Crippen LogP contribution in [0.5, 0.6) is 0 Å². The highest BCUT2D eigenvalue weighted by atomic mass is 32.1. The fourth-order valence-electron chi connectivity index (χ4n) is 3.37. The van der Waals surface area contributed by atoms with Crippen LogP contribution in [0.2, 0.25) is 0 Å². The maximum atomic E-state index is 12.6. The maximum Gasteiger partial charge on any atom is 0.314 e. The van der Waals surface area contributed by atoms with Crippen LogP contribution in [0.1, 0.15) is 47.8 Å². The Balaban J connectivity index is 1.83. The van der Waals surface area contributed by atoms with Crippen LogP contribution >= 0.6 is 11.3 Å². The van der Waals surface area contributed by atoms with E-state index in [-0.39, 0.29) is 6.42 Å². The minimum atomic E-state index is -1.32. The number of hydrogen-bond acceptors (Lipinski definition) is 4. The largest absolute Gasteiger partial charge is 0.481 e. The van der Waals surface area contributed by atoms with Gasteiger partial charge in [0.15, 0.2) is 0 Å². The van der Waals surface area contributed by atoms with Gasteiger partial charge >= 0.3 is 5.97 Å². The lowest BCUT2D eigenvalue weighted by molar-refractivity contribution is -0.145. The number of rotatable bonds is 5. The topological polar surface area (TPSA) is 90.2 Å². The molecule has 3 rings (SSSR count). The van der Waals surface area contributed by atoms with Crippen LogP contribution < -0.4 is 5.32 Å². The molecule has 2 aromatic rings. The van der Waals surface area contributed by atoms with E-state index in [1.165, 1.54) is 11.3 Å². The quantitative estimate of drug-likeness (QED) is 0.838. The molecular formula is C20H20N2O3S. The van der Waals surface area contributed by atoms with Crippen LogP contribution in [0.25, 0.3) is 0 Å². The van der Waals surface area contributed by atoms with Gasteiger partial charge in [-0.25, -0.2) is 0 Å². The molecule has 1 aliphatic carbocycles. The molecule has 0 saturated carbocycles. The number of amides is 1. The second kappa shape index (κ2) is 7.30. The van der Waals surface area contributed by atoms with Crippen LogP contribution in [-0.2, 0) is 27.8 Å². The lowest BCUT2D eigenvalue weighted by Crippen LogP contribution is -2.36. The molecule has 1 aromatic carbocycles. The van der Waals surface area contributed by atoms with Crippen LogP contribution in [0, 0.1) is 11.3 Å². The second-order valence-corrected chi connectivity index (χ2v) is 7.86. The highest BCUT2D eigenvalue weighted by Gasteiger charge is 2.38. The fraction of sp³-hybridized carbons (Fsp3) is 0.350. The minimum absolute atomic E-state index is 0.195. The van der Waals surface area contributed by atoms with Crippen molar-refractivity contribution in [2.45, 2.75) is 44.4 Å². The zero-order valence-corrected chi connectivity index (χ0v) is 15.4. The smallest absolute Gasteiger partial charge is 0.314 e. The van der Waals surface area contributed by atoms with Gasteiger partial charge in [0, 0.05) is 11.3 Å². The maximum absolute atomic E-state index is 12.6. The molecule has 26 heavy (non-hydrogen) atoms. The number of carbonyl (C=O) groups is 2. The number of thiophene rings is 1. The van der Waals surface area contributed by atoms with Gasteiger partial charge in [-0.15, -0.1) is 11.3 Å². The summed E-state index contributed by atoms with van der Waals surface area (Å²) in [4.78, 5) is 25.6. The molecule has 1 aliphatic rings. The molecule has 134 valence electrons. The normalized spacial score (nSPS) is 15.4. The molecular weight excluding hydrogens is 348 g/mol. The van der Waals surface area contributed by atoms with Gasteiger partial charge in [0.25, 0.3) is 0 Å². The Hall–Kier alpha value is -2.65. The number of benzene rings is 1. The Bertz CT molecular complexity index is 882. The van der Waals surface area contributed by atoms with Crippen molar-refractivity contribution in [3.05, 3.63) is 51.9 Å². The molecule has 0 bridgehead atoms. The predicted octanol–water partition coefficient (Wildman–Crippen LogP) is 3.87. The van der Waals surface area contributed by atoms with Crippen molar-refractivity contribution in [3.63, 3.8) is 0 Å². The predicted molar refractivity (Wildman–Crippen MR) is 100 cm³/mol. The third-order valence-electron chi connectivity index (χ3n) is 4.93. The number of anilines is 1. The fourth-order valence-corrected chi connectivity index (χ4v) is 4.63. The molecule has 0 unspecified atom stereocenters. The van der Waals surface area contributed by atoms with Crippen molar-refractivity contribution in [3.8, 4) is 6.07 Å². The first-order valence-electron chi connectivity index (χ1n) is 8.59. The molecule has 2 N–H and O–H groups in total. The van der Waals surface area contributed by atoms with Crippen molar-refractivity contribution < 1.29 is 14.7 Å². The summed E-state index contributed by atoms with van der Waals surface area (Å²) in [7, 11) is 0. The summed E-state index contributed by atoms with van der Waals surface area (Å²) in [6.07, 6.45) is 3.75. The zero-order valence-electron chi connectivity index (χ0n) is 14.5. The molecule has 6 heteroatoms. The lowest BCUT2D eigenvalue weighted by atomic mass is 9.79. The molecule has 0 saturated heterocycles. The number of carbonyl (C=O) groups excluding carboxylic acids is 1. The SMILES string of the molecule is C[C@](CC(=O)Nc1sc2c(c1C#N)CCCC2)(C(=O)O)c1ccccc1. The van der Waals surface area contributed by atoms with Gasteiger partial charge in [-0.1, -0.05) is 30.3 Å². The standard InChI is InChI=1S/C20H20N2O3S/c1-20(19(24)25,13-7-3-2-4-8-13)11-17(23)22-18-15(12-21)14-9-5-6-10-16(14)26-18/h2-4,7-8H,5-6,9-11H2,1H3,(H,22,23)(H,24,25)/t20-/m1/s1. The van der Waals surface area contributed by atoms with Gasteiger partial charge in [0.1, 0.15) is 11.1 Å². The summed E-state index contributed by atoms with van der Waals surface area (Å²) in [6, 6.07) is 11.0. The van der Waals surface area contributed by atoms with E-state index in [1.54, 1.807) is 37.3 Å². The molecule has 1 amide bonds. The Morgan fingerprint density at radius 3 is 2.62 bits per heavy atom. The summed E-state index contributed by atoms with van der Waals surface area (Å²) >= 11 is 1.44. The van der Waals surface area contributed by atoms with Gasteiger partial charge < -0.3 is 10.4 Å². The van der Waals surface area contributed by atoms with E-state index in [9.17, 15) is 20.0 Å². The van der Waals surface area contributed by atoms with Crippen LogP contribution in [-0.4, -0.2) is 17.0 Å². The Kier molecular flexibility index (Phi) is 5.10. The highest BCUT2D eigenvalue weighted by molar-refractivity contribution is 7.16. The minimum Gasteiger partial charge on any atom is -0.481 e. The summed E-state index contributed by atoms with van der Waals surface area (Å²) in [5, 5.41) is 22.5. The van der Waals surface area contributed by atoms with Crippen molar-refractivity contribution >= 4 is 28.2 Å². The van der Waals surface area contributed by atoms with Crippen molar-refractivity contribution in [1.82, 2.24) is 0 Å². The van der Waals surface area contributed by atoms with Gasteiger partial charge in [-0.3, -0.25) is 9.59 Å². The number of nitrogens with zero attached hydrogens (tertiary/aromatic N) is 1. The summed E-state index contributed by atoms with van der Waals surface area (Å²) < 4.78 is 0. The first kappa shape index (κ1) is 18.2. The average molecular weight is 368 g/mol. The van der Waals surface area contributed by atoms with E-state index < -0.39 is 17.3 Å². The van der Waals surface area contributed by atoms with Crippen molar-refractivity contribution in [2.24, 2.45) is 0 Å². The van der Waals surface area contributed by atoms with Gasteiger partial charge in [0.05, 0.1) is 11.0 Å². The average Bonchev–Trinajstić information content (AvgIpc) is 2.98. The second-order valence-electron chi connectivity index (χ2n) is 6.76. The van der Waals surface area contributed by atoms with E-state index in [1.807, 2.05) is 0 Å². The van der Waals surface area contributed by atoms with Gasteiger partial charge in [-0.2, -0.15) is 5.26 Å². The van der Waals surface area contributed by atoms with Crippen LogP contribution in [0.15, 0.2) is 30.3 Å². The van der Waals surface area contributed by atoms with E-state index >= 15 is 0 Å². The van der Waals surface area contributed by atoms with Gasteiger partial charge in [-0.05, 0) is 43.7 Å².